The number of benzene rings is 2. The standard InChI is InChI=1S/C18H23N/c1-14(2)19(4)13-16-6-5-7-18(12-16)17-10-8-15(3)9-11-17/h5-12,14H,13H2,1-4H3. The van der Waals surface area contributed by atoms with Crippen LogP contribution in [-0.2, 0) is 6.54 Å². The van der Waals surface area contributed by atoms with Crippen molar-refractivity contribution in [3.63, 3.8) is 0 Å². The van der Waals surface area contributed by atoms with E-state index in [1.165, 1.54) is 22.3 Å². The van der Waals surface area contributed by atoms with E-state index in [0.717, 1.165) is 6.54 Å². The highest BCUT2D eigenvalue weighted by Crippen LogP contribution is 2.21. The maximum atomic E-state index is 2.36. The van der Waals surface area contributed by atoms with Gasteiger partial charge in [-0.1, -0.05) is 48.0 Å². The van der Waals surface area contributed by atoms with Crippen molar-refractivity contribution < 1.29 is 0 Å². The molecule has 0 unspecified atom stereocenters. The molecule has 0 aliphatic heterocycles. The maximum Gasteiger partial charge on any atom is 0.0233 e. The Balaban J connectivity index is 2.22. The van der Waals surface area contributed by atoms with Crippen molar-refractivity contribution >= 4 is 0 Å². The summed E-state index contributed by atoms with van der Waals surface area (Å²) in [6, 6.07) is 18.1. The minimum atomic E-state index is 0.572. The third kappa shape index (κ3) is 3.68. The summed E-state index contributed by atoms with van der Waals surface area (Å²) in [4.78, 5) is 2.36. The summed E-state index contributed by atoms with van der Waals surface area (Å²) < 4.78 is 0. The van der Waals surface area contributed by atoms with Crippen molar-refractivity contribution in [1.82, 2.24) is 4.90 Å². The number of rotatable bonds is 4. The second-order valence-electron chi connectivity index (χ2n) is 5.58. The lowest BCUT2D eigenvalue weighted by Crippen LogP contribution is -2.25. The molecule has 0 N–H and O–H groups in total. The fraction of sp³-hybridized carbons (Fsp3) is 0.333. The van der Waals surface area contributed by atoms with Gasteiger partial charge in [-0.05, 0) is 50.6 Å². The Morgan fingerprint density at radius 2 is 1.63 bits per heavy atom. The Hall–Kier alpha value is -1.60. The van der Waals surface area contributed by atoms with Gasteiger partial charge >= 0.3 is 0 Å². The van der Waals surface area contributed by atoms with E-state index >= 15 is 0 Å². The molecule has 0 atom stereocenters. The zero-order chi connectivity index (χ0) is 13.8. The molecule has 0 saturated carbocycles. The van der Waals surface area contributed by atoms with E-state index in [2.05, 4.69) is 81.2 Å². The molecule has 2 rings (SSSR count). The first-order chi connectivity index (χ1) is 9.06. The number of aryl methyl sites for hydroxylation is 1. The summed E-state index contributed by atoms with van der Waals surface area (Å²) in [5.74, 6) is 0. The van der Waals surface area contributed by atoms with E-state index in [0.29, 0.717) is 6.04 Å². The molecule has 1 heteroatoms. The van der Waals surface area contributed by atoms with Crippen LogP contribution in [0.3, 0.4) is 0 Å². The van der Waals surface area contributed by atoms with Crippen LogP contribution in [0.5, 0.6) is 0 Å². The van der Waals surface area contributed by atoms with Gasteiger partial charge in [0.05, 0.1) is 0 Å². The molecule has 2 aromatic carbocycles. The molecular weight excluding hydrogens is 230 g/mol. The van der Waals surface area contributed by atoms with Gasteiger partial charge in [0.2, 0.25) is 0 Å². The van der Waals surface area contributed by atoms with Gasteiger partial charge in [0, 0.05) is 12.6 Å². The topological polar surface area (TPSA) is 3.24 Å². The van der Waals surface area contributed by atoms with Crippen LogP contribution in [0.1, 0.15) is 25.0 Å². The SMILES string of the molecule is Cc1ccc(-c2cccc(CN(C)C(C)C)c2)cc1. The van der Waals surface area contributed by atoms with Gasteiger partial charge in [-0.25, -0.2) is 0 Å². The molecule has 0 amide bonds. The fourth-order valence-corrected chi connectivity index (χ4v) is 2.07. The van der Waals surface area contributed by atoms with Gasteiger partial charge in [-0.15, -0.1) is 0 Å². The minimum absolute atomic E-state index is 0.572. The van der Waals surface area contributed by atoms with Gasteiger partial charge in [0.15, 0.2) is 0 Å². The molecule has 0 fully saturated rings. The Morgan fingerprint density at radius 1 is 0.947 bits per heavy atom. The lowest BCUT2D eigenvalue weighted by Gasteiger charge is -2.21. The smallest absolute Gasteiger partial charge is 0.0233 e. The predicted molar refractivity (Wildman–Crippen MR) is 83.2 cm³/mol. The normalized spacial score (nSPS) is 11.3. The van der Waals surface area contributed by atoms with Gasteiger partial charge in [-0.3, -0.25) is 4.90 Å². The summed E-state index contributed by atoms with van der Waals surface area (Å²) in [7, 11) is 2.17. The minimum Gasteiger partial charge on any atom is -0.300 e. The molecule has 19 heavy (non-hydrogen) atoms. The summed E-state index contributed by atoms with van der Waals surface area (Å²) in [5, 5.41) is 0. The number of hydrogen-bond acceptors (Lipinski definition) is 1. The lowest BCUT2D eigenvalue weighted by atomic mass is 10.0. The summed E-state index contributed by atoms with van der Waals surface area (Å²) in [5.41, 5.74) is 5.27. The highest BCUT2D eigenvalue weighted by molar-refractivity contribution is 5.64. The van der Waals surface area contributed by atoms with Gasteiger partial charge < -0.3 is 0 Å². The molecule has 0 heterocycles. The van der Waals surface area contributed by atoms with Crippen LogP contribution in [0.2, 0.25) is 0 Å². The van der Waals surface area contributed by atoms with Crippen molar-refractivity contribution in [2.24, 2.45) is 0 Å². The summed E-state index contributed by atoms with van der Waals surface area (Å²) >= 11 is 0. The molecule has 1 nitrogen and oxygen atoms in total. The summed E-state index contributed by atoms with van der Waals surface area (Å²) in [6.07, 6.45) is 0. The Morgan fingerprint density at radius 3 is 2.26 bits per heavy atom. The number of hydrogen-bond donors (Lipinski definition) is 0. The predicted octanol–water partition coefficient (Wildman–Crippen LogP) is 4.50. The molecule has 100 valence electrons. The molecule has 0 aliphatic rings. The van der Waals surface area contributed by atoms with Crippen LogP contribution in [0, 0.1) is 6.92 Å². The lowest BCUT2D eigenvalue weighted by molar-refractivity contribution is 0.266. The van der Waals surface area contributed by atoms with Crippen molar-refractivity contribution in [3.8, 4) is 11.1 Å². The second kappa shape index (κ2) is 6.03. The second-order valence-corrected chi connectivity index (χ2v) is 5.58. The first-order valence-electron chi connectivity index (χ1n) is 6.92. The van der Waals surface area contributed by atoms with E-state index in [-0.39, 0.29) is 0 Å². The largest absolute Gasteiger partial charge is 0.300 e. The van der Waals surface area contributed by atoms with Gasteiger partial charge in [0.25, 0.3) is 0 Å². The molecule has 0 spiro atoms. The quantitative estimate of drug-likeness (QED) is 0.775. The van der Waals surface area contributed by atoms with E-state index in [1.807, 2.05) is 0 Å². The fourth-order valence-electron chi connectivity index (χ4n) is 2.07. The van der Waals surface area contributed by atoms with Gasteiger partial charge in [-0.2, -0.15) is 0 Å². The van der Waals surface area contributed by atoms with E-state index in [9.17, 15) is 0 Å². The molecular formula is C18H23N. The van der Waals surface area contributed by atoms with E-state index in [1.54, 1.807) is 0 Å². The average Bonchev–Trinajstić information content (AvgIpc) is 2.39. The van der Waals surface area contributed by atoms with Crippen molar-refractivity contribution in [1.29, 1.82) is 0 Å². The molecule has 0 saturated heterocycles. The Bertz CT molecular complexity index is 526. The third-order valence-electron chi connectivity index (χ3n) is 3.63. The molecule has 0 aliphatic carbocycles. The van der Waals surface area contributed by atoms with Crippen LogP contribution >= 0.6 is 0 Å². The number of nitrogens with zero attached hydrogens (tertiary/aromatic N) is 1. The third-order valence-corrected chi connectivity index (χ3v) is 3.63. The Kier molecular flexibility index (Phi) is 4.39. The van der Waals surface area contributed by atoms with Crippen LogP contribution in [0.25, 0.3) is 11.1 Å². The van der Waals surface area contributed by atoms with Crippen LogP contribution in [-0.4, -0.2) is 18.0 Å². The van der Waals surface area contributed by atoms with Crippen LogP contribution < -0.4 is 0 Å². The summed E-state index contributed by atoms with van der Waals surface area (Å²) in [6.45, 7) is 7.57. The van der Waals surface area contributed by atoms with Crippen molar-refractivity contribution in [2.75, 3.05) is 7.05 Å². The van der Waals surface area contributed by atoms with E-state index in [4.69, 9.17) is 0 Å². The highest BCUT2D eigenvalue weighted by Gasteiger charge is 2.05. The Labute approximate surface area is 116 Å². The maximum absolute atomic E-state index is 2.36. The van der Waals surface area contributed by atoms with Crippen molar-refractivity contribution in [2.45, 2.75) is 33.4 Å². The first-order valence-corrected chi connectivity index (χ1v) is 6.92. The first kappa shape index (κ1) is 13.8. The van der Waals surface area contributed by atoms with Crippen LogP contribution in [0.15, 0.2) is 48.5 Å². The van der Waals surface area contributed by atoms with Gasteiger partial charge in [0.1, 0.15) is 0 Å². The monoisotopic (exact) mass is 253 g/mol. The average molecular weight is 253 g/mol. The van der Waals surface area contributed by atoms with Crippen molar-refractivity contribution in [3.05, 3.63) is 59.7 Å². The molecule has 2 aromatic rings. The molecule has 0 aromatic heterocycles. The zero-order valence-electron chi connectivity index (χ0n) is 12.4. The van der Waals surface area contributed by atoms with Crippen LogP contribution in [0.4, 0.5) is 0 Å². The zero-order valence-corrected chi connectivity index (χ0v) is 12.4. The molecule has 0 radical (unpaired) electrons. The molecule has 0 bridgehead atoms. The van der Waals surface area contributed by atoms with E-state index < -0.39 is 0 Å². The highest BCUT2D eigenvalue weighted by atomic mass is 15.1.